The number of carbonyl (C=O) groups excluding carboxylic acids is 2. The predicted molar refractivity (Wildman–Crippen MR) is 56.3 cm³/mol. The van der Waals surface area contributed by atoms with Crippen LogP contribution in [0.1, 0.15) is 5.56 Å². The smallest absolute Gasteiger partial charge is 0.375 e. The highest BCUT2D eigenvalue weighted by Gasteiger charge is 2.32. The van der Waals surface area contributed by atoms with Gasteiger partial charge in [0, 0.05) is 10.9 Å². The largest absolute Gasteiger partial charge is 0.415 e. The number of alkyl carbamates (subject to hydrolysis) is 1. The van der Waals surface area contributed by atoms with Crippen LogP contribution >= 0.6 is 15.9 Å². The lowest BCUT2D eigenvalue weighted by atomic mass is 10.1. The molecule has 1 amide bonds. The van der Waals surface area contributed by atoms with Crippen LogP contribution in [-0.2, 0) is 16.0 Å². The van der Waals surface area contributed by atoms with E-state index in [1.165, 1.54) is 0 Å². The van der Waals surface area contributed by atoms with Gasteiger partial charge in [-0.1, -0.05) is 28.1 Å². The third-order valence-electron chi connectivity index (χ3n) is 2.12. The molecule has 78 valence electrons. The van der Waals surface area contributed by atoms with Crippen molar-refractivity contribution >= 4 is 28.0 Å². The standard InChI is InChI=1S/C10H8BrNO3/c11-7-3-1-6(2-4-7)5-8-9(13)15-10(14)12-8/h1-4,8H,5H2,(H,12,14)/t8-/m1/s1. The molecule has 2 rings (SSSR count). The fourth-order valence-corrected chi connectivity index (χ4v) is 1.65. The van der Waals surface area contributed by atoms with Gasteiger partial charge in [-0.05, 0) is 17.7 Å². The van der Waals surface area contributed by atoms with Crippen molar-refractivity contribution in [1.29, 1.82) is 0 Å². The van der Waals surface area contributed by atoms with Gasteiger partial charge in [0.1, 0.15) is 6.04 Å². The Morgan fingerprint density at radius 1 is 1.27 bits per heavy atom. The van der Waals surface area contributed by atoms with Gasteiger partial charge in [-0.2, -0.15) is 0 Å². The number of benzene rings is 1. The monoisotopic (exact) mass is 269 g/mol. The number of esters is 1. The summed E-state index contributed by atoms with van der Waals surface area (Å²) in [7, 11) is 0. The summed E-state index contributed by atoms with van der Waals surface area (Å²) < 4.78 is 5.35. The van der Waals surface area contributed by atoms with Gasteiger partial charge in [0.2, 0.25) is 0 Å². The number of cyclic esters (lactones) is 2. The van der Waals surface area contributed by atoms with Gasteiger partial charge in [0.25, 0.3) is 0 Å². The molecule has 0 spiro atoms. The van der Waals surface area contributed by atoms with E-state index in [2.05, 4.69) is 26.0 Å². The van der Waals surface area contributed by atoms with Gasteiger partial charge >= 0.3 is 12.1 Å². The van der Waals surface area contributed by atoms with Crippen LogP contribution in [0.5, 0.6) is 0 Å². The van der Waals surface area contributed by atoms with Crippen molar-refractivity contribution in [3.05, 3.63) is 34.3 Å². The lowest BCUT2D eigenvalue weighted by Gasteiger charge is -2.05. The Morgan fingerprint density at radius 2 is 1.93 bits per heavy atom. The zero-order valence-electron chi connectivity index (χ0n) is 7.70. The Kier molecular flexibility index (Phi) is 2.73. The van der Waals surface area contributed by atoms with Crippen molar-refractivity contribution in [1.82, 2.24) is 5.32 Å². The molecule has 1 aromatic rings. The van der Waals surface area contributed by atoms with Gasteiger partial charge in [-0.25, -0.2) is 9.59 Å². The van der Waals surface area contributed by atoms with Crippen molar-refractivity contribution in [2.45, 2.75) is 12.5 Å². The lowest BCUT2D eigenvalue weighted by molar-refractivity contribution is -0.135. The highest BCUT2D eigenvalue weighted by molar-refractivity contribution is 9.10. The fourth-order valence-electron chi connectivity index (χ4n) is 1.38. The van der Waals surface area contributed by atoms with E-state index in [0.29, 0.717) is 6.42 Å². The molecule has 0 unspecified atom stereocenters. The molecular weight excluding hydrogens is 262 g/mol. The Morgan fingerprint density at radius 3 is 2.47 bits per heavy atom. The van der Waals surface area contributed by atoms with E-state index < -0.39 is 18.1 Å². The molecule has 15 heavy (non-hydrogen) atoms. The summed E-state index contributed by atoms with van der Waals surface area (Å²) in [4.78, 5) is 21.9. The number of hydrogen-bond acceptors (Lipinski definition) is 3. The van der Waals surface area contributed by atoms with Crippen LogP contribution in [0.4, 0.5) is 4.79 Å². The van der Waals surface area contributed by atoms with E-state index in [0.717, 1.165) is 10.0 Å². The molecule has 5 heteroatoms. The molecule has 4 nitrogen and oxygen atoms in total. The number of amides is 1. The van der Waals surface area contributed by atoms with Gasteiger partial charge in [-0.3, -0.25) is 0 Å². The quantitative estimate of drug-likeness (QED) is 0.656. The number of carbonyl (C=O) groups is 2. The maximum atomic E-state index is 11.1. The van der Waals surface area contributed by atoms with Crippen molar-refractivity contribution in [2.75, 3.05) is 0 Å². The average molecular weight is 270 g/mol. The molecule has 1 N–H and O–H groups in total. The normalized spacial score (nSPS) is 19.9. The second-order valence-corrected chi connectivity index (χ2v) is 4.15. The average Bonchev–Trinajstić information content (AvgIpc) is 2.49. The lowest BCUT2D eigenvalue weighted by Crippen LogP contribution is -2.30. The first-order valence-corrected chi connectivity index (χ1v) is 5.21. The van der Waals surface area contributed by atoms with Crippen LogP contribution in [-0.4, -0.2) is 18.1 Å². The molecule has 1 aliphatic heterocycles. The van der Waals surface area contributed by atoms with Gasteiger partial charge in [0.15, 0.2) is 0 Å². The molecule has 0 bridgehead atoms. The minimum Gasteiger partial charge on any atom is -0.375 e. The van der Waals surface area contributed by atoms with Crippen molar-refractivity contribution in [3.63, 3.8) is 0 Å². The zero-order chi connectivity index (χ0) is 10.8. The molecular formula is C10H8BrNO3. The van der Waals surface area contributed by atoms with Crippen LogP contribution in [0.2, 0.25) is 0 Å². The van der Waals surface area contributed by atoms with Crippen molar-refractivity contribution < 1.29 is 14.3 Å². The third-order valence-corrected chi connectivity index (χ3v) is 2.65. The molecule has 1 atom stereocenters. The highest BCUT2D eigenvalue weighted by Crippen LogP contribution is 2.13. The molecule has 1 heterocycles. The first-order chi connectivity index (χ1) is 7.15. The van der Waals surface area contributed by atoms with Crippen molar-refractivity contribution in [2.24, 2.45) is 0 Å². The molecule has 1 aromatic carbocycles. The summed E-state index contributed by atoms with van der Waals surface area (Å²) in [5.41, 5.74) is 0.974. The summed E-state index contributed by atoms with van der Waals surface area (Å²) in [6, 6.07) is 7.00. The van der Waals surface area contributed by atoms with E-state index in [-0.39, 0.29) is 0 Å². The van der Waals surface area contributed by atoms with Gasteiger partial charge < -0.3 is 10.1 Å². The van der Waals surface area contributed by atoms with E-state index in [1.54, 1.807) is 0 Å². The maximum absolute atomic E-state index is 11.1. The molecule has 1 aliphatic rings. The Bertz CT molecular complexity index is 402. The topological polar surface area (TPSA) is 55.4 Å². The van der Waals surface area contributed by atoms with Crippen LogP contribution < -0.4 is 5.32 Å². The number of nitrogens with one attached hydrogen (secondary N) is 1. The number of halogens is 1. The van der Waals surface area contributed by atoms with Gasteiger partial charge in [-0.15, -0.1) is 0 Å². The number of ether oxygens (including phenoxy) is 1. The second-order valence-electron chi connectivity index (χ2n) is 3.24. The summed E-state index contributed by atoms with van der Waals surface area (Å²) in [6.07, 6.45) is -0.209. The summed E-state index contributed by atoms with van der Waals surface area (Å²) in [6.45, 7) is 0. The minimum absolute atomic E-state index is 0.456. The number of rotatable bonds is 2. The second kappa shape index (κ2) is 4.02. The van der Waals surface area contributed by atoms with Crippen molar-refractivity contribution in [3.8, 4) is 0 Å². The molecule has 0 radical (unpaired) electrons. The van der Waals surface area contributed by atoms with Crippen LogP contribution in [0, 0.1) is 0 Å². The van der Waals surface area contributed by atoms with E-state index in [4.69, 9.17) is 0 Å². The van der Waals surface area contributed by atoms with E-state index in [9.17, 15) is 9.59 Å². The van der Waals surface area contributed by atoms with E-state index >= 15 is 0 Å². The first kappa shape index (κ1) is 10.2. The Balaban J connectivity index is 2.06. The van der Waals surface area contributed by atoms with E-state index in [1.807, 2.05) is 24.3 Å². The molecule has 1 saturated heterocycles. The highest BCUT2D eigenvalue weighted by atomic mass is 79.9. The first-order valence-electron chi connectivity index (χ1n) is 4.42. The number of hydrogen-bond donors (Lipinski definition) is 1. The Labute approximate surface area is 94.7 Å². The predicted octanol–water partition coefficient (Wildman–Crippen LogP) is 1.63. The summed E-state index contributed by atoms with van der Waals surface area (Å²) in [5, 5.41) is 2.44. The van der Waals surface area contributed by atoms with Gasteiger partial charge in [0.05, 0.1) is 0 Å². The molecule has 0 aliphatic carbocycles. The molecule has 1 fully saturated rings. The SMILES string of the molecule is O=C1N[C@H](Cc2ccc(Br)cc2)C(=O)O1. The van der Waals surface area contributed by atoms with Crippen LogP contribution in [0.25, 0.3) is 0 Å². The summed E-state index contributed by atoms with van der Waals surface area (Å²) in [5.74, 6) is -0.511. The van der Waals surface area contributed by atoms with Crippen LogP contribution in [0.3, 0.4) is 0 Å². The maximum Gasteiger partial charge on any atom is 0.415 e. The fraction of sp³-hybridized carbons (Fsp3) is 0.200. The summed E-state index contributed by atoms with van der Waals surface area (Å²) >= 11 is 3.32. The minimum atomic E-state index is -0.665. The third kappa shape index (κ3) is 2.36. The zero-order valence-corrected chi connectivity index (χ0v) is 9.28. The molecule has 0 aromatic heterocycles. The molecule has 0 saturated carbocycles. The van der Waals surface area contributed by atoms with Crippen LogP contribution in [0.15, 0.2) is 28.7 Å². The Hall–Kier alpha value is -1.36.